The van der Waals surface area contributed by atoms with Crippen molar-refractivity contribution in [1.82, 2.24) is 0 Å². The van der Waals surface area contributed by atoms with Gasteiger partial charge in [0.2, 0.25) is 0 Å². The maximum Gasteiger partial charge on any atom is 0.412 e. The number of fused-ring (bicyclic) bond motifs is 1. The number of ether oxygens (including phenoxy) is 1. The van der Waals surface area contributed by atoms with Gasteiger partial charge in [-0.05, 0) is 43.7 Å². The third kappa shape index (κ3) is 2.78. The molecule has 3 rings (SSSR count). The maximum atomic E-state index is 11.8. The highest BCUT2D eigenvalue weighted by Gasteiger charge is 2.36. The Morgan fingerprint density at radius 2 is 1.88 bits per heavy atom. The lowest BCUT2D eigenvalue weighted by molar-refractivity contribution is -0.103. The molecule has 25 heavy (non-hydrogen) atoms. The number of para-hydroxylation sites is 1. The molecule has 0 aromatic heterocycles. The molecular weight excluding hydrogens is 318 g/mol. The van der Waals surface area contributed by atoms with Gasteiger partial charge in [0.15, 0.2) is 0 Å². The third-order valence-corrected chi connectivity index (χ3v) is 4.37. The predicted octanol–water partition coefficient (Wildman–Crippen LogP) is 4.22. The molecule has 5 nitrogen and oxygen atoms in total. The fourth-order valence-corrected chi connectivity index (χ4v) is 3.29. The van der Waals surface area contributed by atoms with E-state index in [1.165, 1.54) is 4.90 Å². The first-order chi connectivity index (χ1) is 11.9. The average molecular weight is 337 g/mol. The van der Waals surface area contributed by atoms with E-state index in [2.05, 4.69) is 0 Å². The van der Waals surface area contributed by atoms with E-state index in [0.717, 1.165) is 17.4 Å². The summed E-state index contributed by atoms with van der Waals surface area (Å²) in [5.41, 5.74) is 2.51. The molecule has 128 valence electrons. The van der Waals surface area contributed by atoms with Crippen LogP contribution in [0.4, 0.5) is 10.5 Å². The van der Waals surface area contributed by atoms with Crippen LogP contribution in [0.5, 0.6) is 5.75 Å². The van der Waals surface area contributed by atoms with Crippen LogP contribution in [-0.4, -0.2) is 30.1 Å². The number of aldehydes is 1. The number of nitrogens with zero attached hydrogens (tertiary/aromatic N) is 1. The van der Waals surface area contributed by atoms with Crippen LogP contribution in [0.3, 0.4) is 0 Å². The number of allylic oxidation sites excluding steroid dienone is 1. The van der Waals surface area contributed by atoms with Crippen molar-refractivity contribution < 1.29 is 19.4 Å². The van der Waals surface area contributed by atoms with Crippen LogP contribution in [0.2, 0.25) is 0 Å². The third-order valence-electron chi connectivity index (χ3n) is 4.37. The van der Waals surface area contributed by atoms with Crippen molar-refractivity contribution in [3.05, 3.63) is 54.1 Å². The molecular formula is C20H19NO4. The van der Waals surface area contributed by atoms with Crippen LogP contribution in [0, 0.1) is 0 Å². The van der Waals surface area contributed by atoms with Gasteiger partial charge in [0.25, 0.3) is 0 Å². The van der Waals surface area contributed by atoms with Crippen molar-refractivity contribution in [2.45, 2.75) is 19.4 Å². The van der Waals surface area contributed by atoms with Gasteiger partial charge in [0.05, 0.1) is 18.3 Å². The second-order valence-electron chi connectivity index (χ2n) is 6.42. The fourth-order valence-electron chi connectivity index (χ4n) is 3.29. The molecule has 0 bridgehead atoms. The number of methoxy groups -OCH3 is 1. The van der Waals surface area contributed by atoms with Crippen molar-refractivity contribution in [2.24, 2.45) is 0 Å². The molecule has 2 aromatic rings. The van der Waals surface area contributed by atoms with E-state index in [0.29, 0.717) is 22.6 Å². The summed E-state index contributed by atoms with van der Waals surface area (Å²) in [4.78, 5) is 24.6. The molecule has 5 heteroatoms. The Morgan fingerprint density at radius 1 is 1.16 bits per heavy atom. The van der Waals surface area contributed by atoms with Gasteiger partial charge in [-0.25, -0.2) is 4.79 Å². The number of hydrogen-bond acceptors (Lipinski definition) is 3. The first-order valence-electron chi connectivity index (χ1n) is 7.88. The van der Waals surface area contributed by atoms with E-state index in [4.69, 9.17) is 4.74 Å². The minimum Gasteiger partial charge on any atom is -0.496 e. The minimum atomic E-state index is -1.06. The molecule has 0 saturated heterocycles. The first kappa shape index (κ1) is 16.8. The lowest BCUT2D eigenvalue weighted by Crippen LogP contribution is -2.48. The molecule has 0 fully saturated rings. The monoisotopic (exact) mass is 337 g/mol. The fraction of sp³-hybridized carbons (Fsp3) is 0.200. The molecule has 0 aliphatic carbocycles. The number of anilines is 1. The lowest BCUT2D eigenvalue weighted by atomic mass is 9.87. The summed E-state index contributed by atoms with van der Waals surface area (Å²) in [6.45, 7) is 3.53. The van der Waals surface area contributed by atoms with E-state index in [-0.39, 0.29) is 0 Å². The van der Waals surface area contributed by atoms with Crippen molar-refractivity contribution in [3.8, 4) is 16.9 Å². The molecule has 0 saturated carbocycles. The van der Waals surface area contributed by atoms with Crippen molar-refractivity contribution in [1.29, 1.82) is 0 Å². The number of carboxylic acid groups (broad SMARTS) is 1. The van der Waals surface area contributed by atoms with E-state index in [9.17, 15) is 14.7 Å². The van der Waals surface area contributed by atoms with Crippen LogP contribution >= 0.6 is 0 Å². The van der Waals surface area contributed by atoms with Gasteiger partial charge in [-0.2, -0.15) is 0 Å². The molecule has 1 aliphatic rings. The van der Waals surface area contributed by atoms with Crippen LogP contribution < -0.4 is 9.64 Å². The quantitative estimate of drug-likeness (QED) is 0.852. The van der Waals surface area contributed by atoms with Crippen molar-refractivity contribution >= 4 is 23.6 Å². The molecule has 0 unspecified atom stereocenters. The Kier molecular flexibility index (Phi) is 4.08. The zero-order chi connectivity index (χ0) is 18.2. The van der Waals surface area contributed by atoms with Crippen LogP contribution in [0.15, 0.2) is 48.5 Å². The van der Waals surface area contributed by atoms with Crippen LogP contribution in [0.1, 0.15) is 19.4 Å². The number of rotatable bonds is 3. The van der Waals surface area contributed by atoms with E-state index in [1.54, 1.807) is 33.1 Å². The maximum absolute atomic E-state index is 11.8. The van der Waals surface area contributed by atoms with Gasteiger partial charge in [-0.1, -0.05) is 24.3 Å². The summed E-state index contributed by atoms with van der Waals surface area (Å²) >= 11 is 0. The SMILES string of the molecule is COc1ccccc1-c1ccc2c(c1)C(C=O)=CC(C)(C)N2C(=O)O. The summed E-state index contributed by atoms with van der Waals surface area (Å²) in [6, 6.07) is 13.0. The van der Waals surface area contributed by atoms with Crippen molar-refractivity contribution in [2.75, 3.05) is 12.0 Å². The summed E-state index contributed by atoms with van der Waals surface area (Å²) < 4.78 is 5.40. The summed E-state index contributed by atoms with van der Waals surface area (Å²) in [6.07, 6.45) is 1.39. The Balaban J connectivity index is 2.22. The van der Waals surface area contributed by atoms with E-state index >= 15 is 0 Å². The van der Waals surface area contributed by atoms with Gasteiger partial charge in [0.1, 0.15) is 12.0 Å². The highest BCUT2D eigenvalue weighted by molar-refractivity contribution is 6.13. The smallest absolute Gasteiger partial charge is 0.412 e. The first-order valence-corrected chi connectivity index (χ1v) is 7.88. The van der Waals surface area contributed by atoms with Gasteiger partial charge in [-0.15, -0.1) is 0 Å². The Morgan fingerprint density at radius 3 is 2.52 bits per heavy atom. The number of carbonyl (C=O) groups is 2. The zero-order valence-corrected chi connectivity index (χ0v) is 14.3. The second-order valence-corrected chi connectivity index (χ2v) is 6.42. The van der Waals surface area contributed by atoms with Gasteiger partial charge >= 0.3 is 6.09 Å². The highest BCUT2D eigenvalue weighted by atomic mass is 16.5. The molecule has 1 heterocycles. The predicted molar refractivity (Wildman–Crippen MR) is 97.1 cm³/mol. The Hall–Kier alpha value is -3.08. The number of benzene rings is 2. The Bertz CT molecular complexity index is 883. The van der Waals surface area contributed by atoms with Crippen LogP contribution in [-0.2, 0) is 4.79 Å². The zero-order valence-electron chi connectivity index (χ0n) is 14.3. The second kappa shape index (κ2) is 6.09. The molecule has 0 atom stereocenters. The number of hydrogen-bond donors (Lipinski definition) is 1. The van der Waals surface area contributed by atoms with Gasteiger partial charge in [0, 0.05) is 16.7 Å². The minimum absolute atomic E-state index is 0.481. The van der Waals surface area contributed by atoms with E-state index in [1.807, 2.05) is 36.4 Å². The lowest BCUT2D eigenvalue weighted by Gasteiger charge is -2.39. The molecule has 1 aliphatic heterocycles. The molecule has 1 N–H and O–H groups in total. The van der Waals surface area contributed by atoms with Gasteiger partial charge in [-0.3, -0.25) is 9.69 Å². The molecule has 1 amide bonds. The summed E-state index contributed by atoms with van der Waals surface area (Å²) in [7, 11) is 1.60. The standard InChI is InChI=1S/C20H19NO4/c1-20(2)11-14(12-22)16-10-13(8-9-17(16)21(20)19(23)24)15-6-4-5-7-18(15)25-3/h4-12H,1-3H3,(H,23,24). The molecule has 2 aromatic carbocycles. The van der Waals surface area contributed by atoms with Crippen LogP contribution in [0.25, 0.3) is 16.7 Å². The largest absolute Gasteiger partial charge is 0.496 e. The highest BCUT2D eigenvalue weighted by Crippen LogP contribution is 2.41. The molecule has 0 radical (unpaired) electrons. The van der Waals surface area contributed by atoms with E-state index < -0.39 is 11.6 Å². The van der Waals surface area contributed by atoms with Gasteiger partial charge < -0.3 is 9.84 Å². The molecule has 0 spiro atoms. The van der Waals surface area contributed by atoms with Crippen molar-refractivity contribution in [3.63, 3.8) is 0 Å². The topological polar surface area (TPSA) is 66.8 Å². The summed E-state index contributed by atoms with van der Waals surface area (Å²) in [5, 5.41) is 9.64. The number of carbonyl (C=O) groups excluding carboxylic acids is 1. The normalized spacial score (nSPS) is 15.2. The summed E-state index contributed by atoms with van der Waals surface area (Å²) in [5.74, 6) is 0.713. The Labute approximate surface area is 146 Å². The number of amides is 1. The average Bonchev–Trinajstić information content (AvgIpc) is 2.59.